The zero-order chi connectivity index (χ0) is 35.2. The van der Waals surface area contributed by atoms with Crippen molar-refractivity contribution in [1.82, 2.24) is 15.0 Å². The van der Waals surface area contributed by atoms with E-state index in [1.165, 1.54) is 55.6 Å². The normalized spacial score (nSPS) is 12.7. The van der Waals surface area contributed by atoms with Gasteiger partial charge >= 0.3 is 0 Å². The summed E-state index contributed by atoms with van der Waals surface area (Å²) in [4.78, 5) is 14.7. The third-order valence-corrected chi connectivity index (χ3v) is 10.6. The van der Waals surface area contributed by atoms with Gasteiger partial charge in [0.05, 0.1) is 16.8 Å². The van der Waals surface area contributed by atoms with Crippen LogP contribution in [0.4, 0.5) is 0 Å². The summed E-state index contributed by atoms with van der Waals surface area (Å²) in [6, 6.07) is 59.1. The molecule has 3 nitrogen and oxygen atoms in total. The summed E-state index contributed by atoms with van der Waals surface area (Å²) in [5.74, 6) is 0.742. The van der Waals surface area contributed by atoms with Crippen LogP contribution in [0, 0.1) is 20.8 Å². The van der Waals surface area contributed by atoms with Crippen LogP contribution < -0.4 is 0 Å². The summed E-state index contributed by atoms with van der Waals surface area (Å²) in [6.07, 6.45) is 1.90. The summed E-state index contributed by atoms with van der Waals surface area (Å²) in [6.45, 7) is 6.27. The van der Waals surface area contributed by atoms with E-state index in [0.29, 0.717) is 0 Å². The Morgan fingerprint density at radius 2 is 1.04 bits per heavy atom. The lowest BCUT2D eigenvalue weighted by Crippen LogP contribution is -2.28. The molecule has 52 heavy (non-hydrogen) atoms. The predicted octanol–water partition coefficient (Wildman–Crippen LogP) is 11.8. The van der Waals surface area contributed by atoms with Crippen molar-refractivity contribution in [2.45, 2.75) is 26.2 Å². The monoisotopic (exact) mass is 667 g/mol. The zero-order valence-corrected chi connectivity index (χ0v) is 29.5. The largest absolute Gasteiger partial charge is 0.261 e. The van der Waals surface area contributed by atoms with E-state index in [1.54, 1.807) is 0 Å². The summed E-state index contributed by atoms with van der Waals surface area (Å²) >= 11 is 0. The van der Waals surface area contributed by atoms with Crippen molar-refractivity contribution in [1.29, 1.82) is 0 Å². The second-order valence-corrected chi connectivity index (χ2v) is 13.7. The van der Waals surface area contributed by atoms with E-state index in [0.717, 1.165) is 39.6 Å². The van der Waals surface area contributed by atoms with Gasteiger partial charge in [-0.25, -0.2) is 9.97 Å². The molecule has 248 valence electrons. The summed E-state index contributed by atoms with van der Waals surface area (Å²) in [5.41, 5.74) is 17.9. The van der Waals surface area contributed by atoms with Gasteiger partial charge in [0.1, 0.15) is 5.82 Å². The van der Waals surface area contributed by atoms with Crippen molar-refractivity contribution in [3.8, 4) is 55.9 Å². The van der Waals surface area contributed by atoms with Crippen molar-refractivity contribution < 1.29 is 0 Å². The highest BCUT2D eigenvalue weighted by Gasteiger charge is 2.46. The van der Waals surface area contributed by atoms with E-state index >= 15 is 0 Å². The first-order chi connectivity index (χ1) is 25.5. The topological polar surface area (TPSA) is 38.7 Å². The lowest BCUT2D eigenvalue weighted by molar-refractivity contribution is 0.769. The number of rotatable bonds is 6. The van der Waals surface area contributed by atoms with Crippen LogP contribution in [0.25, 0.3) is 55.9 Å². The van der Waals surface area contributed by atoms with Crippen LogP contribution in [0.2, 0.25) is 0 Å². The molecule has 0 N–H and O–H groups in total. The van der Waals surface area contributed by atoms with E-state index < -0.39 is 5.41 Å². The van der Waals surface area contributed by atoms with Crippen molar-refractivity contribution in [2.24, 2.45) is 0 Å². The maximum absolute atomic E-state index is 5.02. The van der Waals surface area contributed by atoms with E-state index in [4.69, 9.17) is 15.0 Å². The Kier molecular flexibility index (Phi) is 7.70. The minimum Gasteiger partial charge on any atom is -0.261 e. The summed E-state index contributed by atoms with van der Waals surface area (Å²) in [7, 11) is 0. The SMILES string of the molecule is Cc1nc(-c2ccc3c(c2)-c2ccc(-c4c(C)ccnc4C)cc2C3(c2ccccc2)c2ccccc2)cc(-c2ccccc2-c2ccccc2)n1. The molecule has 3 heteroatoms. The highest BCUT2D eigenvalue weighted by atomic mass is 14.9. The van der Waals surface area contributed by atoms with E-state index in [-0.39, 0.29) is 0 Å². The van der Waals surface area contributed by atoms with Crippen LogP contribution in [0.3, 0.4) is 0 Å². The Labute approximate surface area is 305 Å². The molecule has 1 aliphatic carbocycles. The molecular formula is C49H37N3. The number of pyridine rings is 1. The Balaban J connectivity index is 1.28. The van der Waals surface area contributed by atoms with Crippen LogP contribution in [-0.4, -0.2) is 15.0 Å². The minimum atomic E-state index is -0.521. The Morgan fingerprint density at radius 3 is 1.73 bits per heavy atom. The van der Waals surface area contributed by atoms with Crippen LogP contribution in [-0.2, 0) is 5.41 Å². The molecule has 2 aromatic heterocycles. The second kappa shape index (κ2) is 12.7. The third-order valence-electron chi connectivity index (χ3n) is 10.6. The number of hydrogen-bond acceptors (Lipinski definition) is 3. The molecule has 0 spiro atoms. The highest BCUT2D eigenvalue weighted by molar-refractivity contribution is 5.91. The Morgan fingerprint density at radius 1 is 0.423 bits per heavy atom. The summed E-state index contributed by atoms with van der Waals surface area (Å²) in [5, 5.41) is 0. The maximum atomic E-state index is 5.02. The fourth-order valence-electron chi connectivity index (χ4n) is 8.37. The van der Waals surface area contributed by atoms with Gasteiger partial charge in [-0.1, -0.05) is 140 Å². The number of nitrogens with zero attached hydrogens (tertiary/aromatic N) is 3. The molecule has 9 rings (SSSR count). The van der Waals surface area contributed by atoms with Crippen molar-refractivity contribution >= 4 is 0 Å². The number of aryl methyl sites for hydroxylation is 3. The molecule has 0 saturated carbocycles. The van der Waals surface area contributed by atoms with Gasteiger partial charge in [0.25, 0.3) is 0 Å². The van der Waals surface area contributed by atoms with Gasteiger partial charge in [0.2, 0.25) is 0 Å². The standard InChI is InChI=1S/C49H37N3/c1-32-27-28-50-33(2)48(32)37-23-25-41-43-29-36(46-31-47(52-34(3)51-46)42-22-14-13-21-40(42)35-15-7-4-8-16-35)24-26-44(43)49(45(41)30-37,38-17-9-5-10-18-38)39-19-11-6-12-20-39/h4-31H,1-3H3. The van der Waals surface area contributed by atoms with Gasteiger partial charge < -0.3 is 0 Å². The third kappa shape index (κ3) is 5.08. The van der Waals surface area contributed by atoms with Gasteiger partial charge in [-0.05, 0) is 101 Å². The molecule has 0 radical (unpaired) electrons. The van der Waals surface area contributed by atoms with Crippen molar-refractivity contribution in [3.63, 3.8) is 0 Å². The minimum absolute atomic E-state index is 0.521. The first-order valence-corrected chi connectivity index (χ1v) is 17.9. The lowest BCUT2D eigenvalue weighted by atomic mass is 9.67. The molecule has 0 amide bonds. The first-order valence-electron chi connectivity index (χ1n) is 17.9. The zero-order valence-electron chi connectivity index (χ0n) is 29.5. The molecule has 2 heterocycles. The van der Waals surface area contributed by atoms with Gasteiger partial charge in [-0.2, -0.15) is 0 Å². The lowest BCUT2D eigenvalue weighted by Gasteiger charge is -2.34. The summed E-state index contributed by atoms with van der Waals surface area (Å²) < 4.78 is 0. The van der Waals surface area contributed by atoms with E-state index in [2.05, 4.69) is 178 Å². The molecule has 0 atom stereocenters. The quantitative estimate of drug-likeness (QED) is 0.177. The van der Waals surface area contributed by atoms with E-state index in [1.807, 2.05) is 13.1 Å². The molecule has 0 aliphatic heterocycles. The average molecular weight is 668 g/mol. The number of hydrogen-bond donors (Lipinski definition) is 0. The Hall–Kier alpha value is -6.45. The van der Waals surface area contributed by atoms with Gasteiger partial charge in [-0.15, -0.1) is 0 Å². The molecule has 0 bridgehead atoms. The maximum Gasteiger partial charge on any atom is 0.126 e. The number of fused-ring (bicyclic) bond motifs is 3. The van der Waals surface area contributed by atoms with Crippen molar-refractivity contribution in [2.75, 3.05) is 0 Å². The molecule has 8 aromatic rings. The number of aromatic nitrogens is 3. The van der Waals surface area contributed by atoms with E-state index in [9.17, 15) is 0 Å². The molecule has 0 saturated heterocycles. The van der Waals surface area contributed by atoms with Crippen LogP contribution in [0.1, 0.15) is 39.3 Å². The average Bonchev–Trinajstić information content (AvgIpc) is 3.48. The molecule has 0 unspecified atom stereocenters. The van der Waals surface area contributed by atoms with Crippen LogP contribution in [0.5, 0.6) is 0 Å². The number of benzene rings is 6. The molecule has 6 aromatic carbocycles. The van der Waals surface area contributed by atoms with Crippen molar-refractivity contribution in [3.05, 3.63) is 209 Å². The van der Waals surface area contributed by atoms with Crippen LogP contribution >= 0.6 is 0 Å². The highest BCUT2D eigenvalue weighted by Crippen LogP contribution is 2.57. The molecule has 1 aliphatic rings. The smallest absolute Gasteiger partial charge is 0.126 e. The fraction of sp³-hybridized carbons (Fsp3) is 0.0816. The van der Waals surface area contributed by atoms with Gasteiger partial charge in [0, 0.05) is 28.6 Å². The molecule has 0 fully saturated rings. The molecular weight excluding hydrogens is 631 g/mol. The van der Waals surface area contributed by atoms with Gasteiger partial charge in [0.15, 0.2) is 0 Å². The first kappa shape index (κ1) is 31.5. The second-order valence-electron chi connectivity index (χ2n) is 13.7. The van der Waals surface area contributed by atoms with Gasteiger partial charge in [-0.3, -0.25) is 4.98 Å². The fourth-order valence-corrected chi connectivity index (χ4v) is 8.37. The Bertz CT molecular complexity index is 2530. The van der Waals surface area contributed by atoms with Crippen LogP contribution in [0.15, 0.2) is 170 Å². The predicted molar refractivity (Wildman–Crippen MR) is 213 cm³/mol.